The summed E-state index contributed by atoms with van der Waals surface area (Å²) in [5, 5.41) is 1.18. The summed E-state index contributed by atoms with van der Waals surface area (Å²) in [6, 6.07) is 8.30. The van der Waals surface area contributed by atoms with Crippen molar-refractivity contribution in [2.45, 2.75) is 26.8 Å². The van der Waals surface area contributed by atoms with Crippen molar-refractivity contribution in [2.75, 3.05) is 4.90 Å². The molecule has 1 aliphatic rings. The van der Waals surface area contributed by atoms with E-state index in [9.17, 15) is 4.39 Å². The fraction of sp³-hybridized carbons (Fsp3) is 0.190. The summed E-state index contributed by atoms with van der Waals surface area (Å²) >= 11 is 0. The van der Waals surface area contributed by atoms with E-state index in [1.807, 2.05) is 39.2 Å². The van der Waals surface area contributed by atoms with E-state index in [1.165, 1.54) is 11.5 Å². The SMILES string of the molecule is C/C=C\C(F)=C(/CC)c1cc2c(o1)C=CN(c1ccc3[nH]bcc3c1)C2. The summed E-state index contributed by atoms with van der Waals surface area (Å²) in [5.41, 5.74) is 3.91. The molecule has 3 aromatic rings. The van der Waals surface area contributed by atoms with Gasteiger partial charge >= 0.3 is 139 Å². The molecule has 0 saturated carbocycles. The first-order valence-corrected chi connectivity index (χ1v) is 8.86. The Labute approximate surface area is 152 Å². The van der Waals surface area contributed by atoms with E-state index in [0.29, 0.717) is 24.3 Å². The van der Waals surface area contributed by atoms with Crippen molar-refractivity contribution in [1.29, 1.82) is 0 Å². The van der Waals surface area contributed by atoms with Crippen LogP contribution in [0.4, 0.5) is 10.1 Å². The average molecular weight is 346 g/mol. The van der Waals surface area contributed by atoms with E-state index in [2.05, 4.69) is 34.0 Å². The number of aromatic amines is 1. The minimum atomic E-state index is -0.236. The molecular weight excluding hydrogens is 326 g/mol. The number of fused-ring (bicyclic) bond motifs is 2. The third-order valence-corrected chi connectivity index (χ3v) is 4.71. The van der Waals surface area contributed by atoms with Crippen molar-refractivity contribution in [3.05, 3.63) is 71.5 Å². The number of hydrogen-bond acceptors (Lipinski definition) is 2. The van der Waals surface area contributed by atoms with Gasteiger partial charge < -0.3 is 0 Å². The second-order valence-corrected chi connectivity index (χ2v) is 6.37. The van der Waals surface area contributed by atoms with Gasteiger partial charge in [-0.3, -0.25) is 0 Å². The van der Waals surface area contributed by atoms with Crippen LogP contribution in [-0.2, 0) is 6.54 Å². The van der Waals surface area contributed by atoms with Gasteiger partial charge in [0, 0.05) is 0 Å². The van der Waals surface area contributed by atoms with Gasteiger partial charge in [0.2, 0.25) is 0 Å². The van der Waals surface area contributed by atoms with Crippen LogP contribution in [0.15, 0.2) is 58.8 Å². The zero-order valence-corrected chi connectivity index (χ0v) is 14.9. The van der Waals surface area contributed by atoms with Gasteiger partial charge in [-0.1, -0.05) is 6.08 Å². The number of allylic oxidation sites excluding steroid dienone is 4. The molecule has 0 fully saturated rings. The Morgan fingerprint density at radius 1 is 1.38 bits per heavy atom. The van der Waals surface area contributed by atoms with Gasteiger partial charge in [-0.25, -0.2) is 0 Å². The van der Waals surface area contributed by atoms with Crippen molar-refractivity contribution in [3.8, 4) is 0 Å². The summed E-state index contributed by atoms with van der Waals surface area (Å²) < 4.78 is 20.2. The van der Waals surface area contributed by atoms with Crippen molar-refractivity contribution in [1.82, 2.24) is 4.89 Å². The van der Waals surface area contributed by atoms with Crippen molar-refractivity contribution in [3.63, 3.8) is 0 Å². The molecule has 2 aromatic heterocycles. The van der Waals surface area contributed by atoms with Gasteiger partial charge in [0.25, 0.3) is 0 Å². The summed E-state index contributed by atoms with van der Waals surface area (Å²) in [7, 11) is 1.94. The number of anilines is 1. The van der Waals surface area contributed by atoms with Gasteiger partial charge in [0.1, 0.15) is 0 Å². The molecule has 26 heavy (non-hydrogen) atoms. The van der Waals surface area contributed by atoms with Gasteiger partial charge in [0.15, 0.2) is 0 Å². The second-order valence-electron chi connectivity index (χ2n) is 6.37. The van der Waals surface area contributed by atoms with E-state index < -0.39 is 0 Å². The molecule has 0 amide bonds. The predicted octanol–water partition coefficient (Wildman–Crippen LogP) is 5.76. The van der Waals surface area contributed by atoms with Crippen LogP contribution in [0.2, 0.25) is 0 Å². The second kappa shape index (κ2) is 6.83. The van der Waals surface area contributed by atoms with Gasteiger partial charge in [-0.2, -0.15) is 0 Å². The number of halogens is 1. The number of H-pyrrole nitrogens is 1. The summed E-state index contributed by atoms with van der Waals surface area (Å²) in [4.78, 5) is 5.38. The molecule has 3 nitrogen and oxygen atoms in total. The fourth-order valence-electron chi connectivity index (χ4n) is 3.35. The number of aromatic nitrogens is 1. The molecule has 0 unspecified atom stereocenters. The van der Waals surface area contributed by atoms with Crippen molar-refractivity contribution >= 4 is 35.3 Å². The molecule has 0 saturated heterocycles. The third-order valence-electron chi connectivity index (χ3n) is 4.71. The topological polar surface area (TPSA) is 32.2 Å². The van der Waals surface area contributed by atoms with E-state index in [0.717, 1.165) is 22.5 Å². The summed E-state index contributed by atoms with van der Waals surface area (Å²) in [6.07, 6.45) is 7.73. The normalized spacial score (nSPS) is 14.8. The third kappa shape index (κ3) is 2.94. The molecule has 0 radical (unpaired) electrons. The van der Waals surface area contributed by atoms with Crippen LogP contribution in [0.5, 0.6) is 0 Å². The first-order valence-electron chi connectivity index (χ1n) is 8.86. The van der Waals surface area contributed by atoms with Crippen LogP contribution >= 0.6 is 0 Å². The summed E-state index contributed by atoms with van der Waals surface area (Å²) in [6.45, 7) is 4.45. The van der Waals surface area contributed by atoms with Crippen LogP contribution in [0, 0.1) is 0 Å². The average Bonchev–Trinajstić information content (AvgIpc) is 3.27. The van der Waals surface area contributed by atoms with Crippen LogP contribution in [0.25, 0.3) is 22.6 Å². The monoisotopic (exact) mass is 346 g/mol. The molecule has 0 atom stereocenters. The Kier molecular flexibility index (Phi) is 4.37. The quantitative estimate of drug-likeness (QED) is 0.610. The van der Waals surface area contributed by atoms with E-state index >= 15 is 0 Å². The fourth-order valence-corrected chi connectivity index (χ4v) is 3.35. The molecule has 3 heterocycles. The maximum atomic E-state index is 14.3. The van der Waals surface area contributed by atoms with Crippen molar-refractivity contribution in [2.24, 2.45) is 0 Å². The Morgan fingerprint density at radius 3 is 3.08 bits per heavy atom. The molecule has 0 bridgehead atoms. The Hall–Kier alpha value is -2.82. The van der Waals surface area contributed by atoms with E-state index in [1.54, 1.807) is 6.08 Å². The number of furan rings is 1. The Bertz CT molecular complexity index is 1040. The first-order chi connectivity index (χ1) is 12.7. The zero-order chi connectivity index (χ0) is 18.1. The van der Waals surface area contributed by atoms with Crippen LogP contribution < -0.4 is 4.90 Å². The molecule has 0 aliphatic carbocycles. The standard InChI is InChI=1S/C21H20BFN2O/c1-3-5-18(23)17(4-2)21-11-15-13-25(9-8-20(15)26-21)16-6-7-19-14(10-16)12-22-24-19/h3,5-12,24H,4,13H2,1-2H3/b5-3-,18-17-. The molecule has 1 aliphatic heterocycles. The molecule has 130 valence electrons. The number of nitrogens with zero attached hydrogens (tertiary/aromatic N) is 1. The first kappa shape index (κ1) is 16.6. The number of rotatable bonds is 4. The molecule has 0 spiro atoms. The molecule has 1 N–H and O–H groups in total. The zero-order valence-electron chi connectivity index (χ0n) is 14.9. The van der Waals surface area contributed by atoms with Crippen LogP contribution in [-0.4, -0.2) is 11.9 Å². The predicted molar refractivity (Wildman–Crippen MR) is 107 cm³/mol. The Morgan fingerprint density at radius 2 is 2.27 bits per heavy atom. The van der Waals surface area contributed by atoms with E-state index in [-0.39, 0.29) is 5.83 Å². The molecule has 4 rings (SSSR count). The molecule has 1 aromatic carbocycles. The Balaban J connectivity index is 1.65. The number of nitrogens with one attached hydrogen (secondary N) is 1. The molecule has 5 heteroatoms. The van der Waals surface area contributed by atoms with Gasteiger partial charge in [-0.15, -0.1) is 0 Å². The number of hydrogen-bond donors (Lipinski definition) is 1. The van der Waals surface area contributed by atoms with E-state index in [4.69, 9.17) is 4.42 Å². The van der Waals surface area contributed by atoms with Crippen molar-refractivity contribution < 1.29 is 8.81 Å². The van der Waals surface area contributed by atoms with Crippen LogP contribution in [0.1, 0.15) is 37.4 Å². The number of benzene rings is 1. The van der Waals surface area contributed by atoms with Crippen LogP contribution in [0.3, 0.4) is 0 Å². The van der Waals surface area contributed by atoms with Gasteiger partial charge in [-0.05, 0) is 6.92 Å². The van der Waals surface area contributed by atoms with Gasteiger partial charge in [0.05, 0.1) is 0 Å². The maximum absolute atomic E-state index is 14.3. The summed E-state index contributed by atoms with van der Waals surface area (Å²) in [5.74, 6) is 3.25. The molecular formula is C21H20BFN2O. The minimum absolute atomic E-state index is 0.236.